The van der Waals surface area contributed by atoms with E-state index in [0.717, 1.165) is 5.56 Å². The van der Waals surface area contributed by atoms with Crippen LogP contribution in [0.25, 0.3) is 0 Å². The van der Waals surface area contributed by atoms with E-state index in [1.165, 1.54) is 4.90 Å². The lowest BCUT2D eigenvalue weighted by molar-refractivity contribution is -0.139. The highest BCUT2D eigenvalue weighted by atomic mass is 16.2. The number of primary amides is 1. The quantitative estimate of drug-likeness (QED) is 0.149. The van der Waals surface area contributed by atoms with Crippen LogP contribution < -0.4 is 27.0 Å². The van der Waals surface area contributed by atoms with Gasteiger partial charge in [0.05, 0.1) is 0 Å². The Kier molecular flexibility index (Phi) is 13.2. The van der Waals surface area contributed by atoms with Crippen molar-refractivity contribution < 1.29 is 28.8 Å². The molecule has 7 amide bonds. The maximum absolute atomic E-state index is 13.2. The normalized spacial score (nSPS) is 16.3. The van der Waals surface area contributed by atoms with Crippen LogP contribution in [0.2, 0.25) is 0 Å². The van der Waals surface area contributed by atoms with Crippen LogP contribution in [0.15, 0.2) is 24.3 Å². The number of nitrogens with two attached hydrogens (primary N) is 1. The van der Waals surface area contributed by atoms with E-state index < -0.39 is 29.9 Å². The Hall–Kier alpha value is -3.96. The fourth-order valence-electron chi connectivity index (χ4n) is 4.51. The average molecular weight is 573 g/mol. The number of likely N-dealkylation sites (tertiary alicyclic amines) is 1. The van der Waals surface area contributed by atoms with Crippen LogP contribution in [-0.2, 0) is 24.0 Å². The molecule has 1 saturated heterocycles. The van der Waals surface area contributed by atoms with Crippen LogP contribution in [0.3, 0.4) is 0 Å². The standard InChI is InChI=1S/C29H44N6O6/c1-18(2)25(34-23(36)10-6-5-7-16-35-24(37)17-20(4)28(35)40)27(39)33-22(9-8-15-31-29(30)41)26(38)32-21-13-11-19(3)12-14-21/h11-14,18,20,22,25H,5-10,15-17H2,1-4H3,(H,32,38)(H,33,39)(H,34,36)(H3,30,31,41)/t20?,22-,25-/m0/s1. The molecule has 0 spiro atoms. The van der Waals surface area contributed by atoms with Crippen LogP contribution >= 0.6 is 0 Å². The van der Waals surface area contributed by atoms with E-state index in [0.29, 0.717) is 37.9 Å². The molecule has 1 aromatic rings. The lowest BCUT2D eigenvalue weighted by Gasteiger charge is -2.25. The molecule has 0 radical (unpaired) electrons. The van der Waals surface area contributed by atoms with Gasteiger partial charge < -0.3 is 27.0 Å². The van der Waals surface area contributed by atoms with Crippen molar-refractivity contribution in [3.8, 4) is 0 Å². The monoisotopic (exact) mass is 572 g/mol. The van der Waals surface area contributed by atoms with Crippen LogP contribution in [0.5, 0.6) is 0 Å². The van der Waals surface area contributed by atoms with Gasteiger partial charge in [-0.2, -0.15) is 0 Å². The number of hydrogen-bond acceptors (Lipinski definition) is 6. The number of imide groups is 1. The first-order valence-corrected chi connectivity index (χ1v) is 14.2. The van der Waals surface area contributed by atoms with Crippen molar-refractivity contribution in [2.75, 3.05) is 18.4 Å². The molecule has 1 heterocycles. The van der Waals surface area contributed by atoms with Crippen molar-refractivity contribution in [3.63, 3.8) is 0 Å². The Balaban J connectivity index is 1.90. The Morgan fingerprint density at radius 1 is 0.976 bits per heavy atom. The highest BCUT2D eigenvalue weighted by Gasteiger charge is 2.34. The van der Waals surface area contributed by atoms with Gasteiger partial charge in [0.2, 0.25) is 29.5 Å². The van der Waals surface area contributed by atoms with Crippen molar-refractivity contribution in [3.05, 3.63) is 29.8 Å². The fourth-order valence-corrected chi connectivity index (χ4v) is 4.51. The van der Waals surface area contributed by atoms with Crippen molar-refractivity contribution in [1.82, 2.24) is 20.9 Å². The van der Waals surface area contributed by atoms with Crippen LogP contribution in [-0.4, -0.2) is 65.6 Å². The molecule has 3 atom stereocenters. The molecule has 41 heavy (non-hydrogen) atoms. The molecule has 2 rings (SSSR count). The third kappa shape index (κ3) is 11.2. The summed E-state index contributed by atoms with van der Waals surface area (Å²) >= 11 is 0. The maximum Gasteiger partial charge on any atom is 0.312 e. The summed E-state index contributed by atoms with van der Waals surface area (Å²) in [5.74, 6) is -2.01. The first-order chi connectivity index (χ1) is 19.4. The van der Waals surface area contributed by atoms with E-state index in [1.807, 2.05) is 19.1 Å². The number of benzene rings is 1. The smallest absolute Gasteiger partial charge is 0.312 e. The summed E-state index contributed by atoms with van der Waals surface area (Å²) in [6.45, 7) is 7.86. The minimum atomic E-state index is -0.907. The molecular weight excluding hydrogens is 528 g/mol. The molecule has 1 fully saturated rings. The lowest BCUT2D eigenvalue weighted by atomic mass is 10.0. The van der Waals surface area contributed by atoms with E-state index in [9.17, 15) is 28.8 Å². The van der Waals surface area contributed by atoms with Crippen LogP contribution in [0.1, 0.15) is 71.3 Å². The summed E-state index contributed by atoms with van der Waals surface area (Å²) in [4.78, 5) is 75.1. The molecule has 1 aliphatic rings. The minimum absolute atomic E-state index is 0.145. The number of nitrogens with zero attached hydrogens (tertiary/aromatic N) is 1. The Bertz CT molecular complexity index is 1090. The molecule has 1 aromatic carbocycles. The van der Waals surface area contributed by atoms with Gasteiger partial charge in [0, 0.05) is 37.5 Å². The second-order valence-corrected chi connectivity index (χ2v) is 10.9. The predicted molar refractivity (Wildman–Crippen MR) is 154 cm³/mol. The second kappa shape index (κ2) is 16.3. The van der Waals surface area contributed by atoms with Gasteiger partial charge in [0.25, 0.3) is 0 Å². The van der Waals surface area contributed by atoms with Crippen molar-refractivity contribution in [2.45, 2.75) is 84.7 Å². The summed E-state index contributed by atoms with van der Waals surface area (Å²) in [5, 5.41) is 10.8. The Labute approximate surface area is 241 Å². The molecule has 0 saturated carbocycles. The van der Waals surface area contributed by atoms with E-state index in [-0.39, 0.29) is 55.4 Å². The summed E-state index contributed by atoms with van der Waals surface area (Å²) < 4.78 is 0. The van der Waals surface area contributed by atoms with Crippen molar-refractivity contribution >= 4 is 41.3 Å². The minimum Gasteiger partial charge on any atom is -0.352 e. The van der Waals surface area contributed by atoms with E-state index in [4.69, 9.17) is 5.73 Å². The number of carbonyl (C=O) groups excluding carboxylic acids is 6. The van der Waals surface area contributed by atoms with Gasteiger partial charge in [0.15, 0.2) is 0 Å². The summed E-state index contributed by atoms with van der Waals surface area (Å²) in [7, 11) is 0. The van der Waals surface area contributed by atoms with E-state index >= 15 is 0 Å². The predicted octanol–water partition coefficient (Wildman–Crippen LogP) is 1.96. The molecule has 12 heteroatoms. The first kappa shape index (κ1) is 33.2. The van der Waals surface area contributed by atoms with Gasteiger partial charge in [-0.25, -0.2) is 4.79 Å². The topological polar surface area (TPSA) is 180 Å². The molecule has 226 valence electrons. The number of urea groups is 1. The van der Waals surface area contributed by atoms with E-state index in [2.05, 4.69) is 21.3 Å². The van der Waals surface area contributed by atoms with Crippen molar-refractivity contribution in [1.29, 1.82) is 0 Å². The molecule has 1 aliphatic heterocycles. The summed E-state index contributed by atoms with van der Waals surface area (Å²) in [6, 6.07) is 4.80. The first-order valence-electron chi connectivity index (χ1n) is 14.2. The molecular formula is C29H44N6O6. The lowest BCUT2D eigenvalue weighted by Crippen LogP contribution is -2.54. The molecule has 0 aliphatic carbocycles. The summed E-state index contributed by atoms with van der Waals surface area (Å²) in [6.07, 6.45) is 2.86. The van der Waals surface area contributed by atoms with Crippen LogP contribution in [0.4, 0.5) is 10.5 Å². The highest BCUT2D eigenvalue weighted by molar-refractivity contribution is 6.03. The SMILES string of the molecule is Cc1ccc(NC(=O)[C@H](CCCNC(N)=O)NC(=O)[C@@H](NC(=O)CCCCCN2C(=O)CC(C)C2=O)C(C)C)cc1. The van der Waals surface area contributed by atoms with Gasteiger partial charge >= 0.3 is 6.03 Å². The number of hydrogen-bond donors (Lipinski definition) is 5. The number of rotatable bonds is 16. The number of carbonyl (C=O) groups is 6. The number of amides is 7. The maximum atomic E-state index is 13.2. The van der Waals surface area contributed by atoms with Gasteiger partial charge in [-0.15, -0.1) is 0 Å². The third-order valence-electron chi connectivity index (χ3n) is 6.94. The molecule has 6 N–H and O–H groups in total. The number of nitrogens with one attached hydrogen (secondary N) is 4. The Morgan fingerprint density at radius 3 is 2.24 bits per heavy atom. The zero-order valence-electron chi connectivity index (χ0n) is 24.5. The zero-order valence-corrected chi connectivity index (χ0v) is 24.5. The number of anilines is 1. The summed E-state index contributed by atoms with van der Waals surface area (Å²) in [5.41, 5.74) is 6.73. The molecule has 1 unspecified atom stereocenters. The van der Waals surface area contributed by atoms with Gasteiger partial charge in [-0.05, 0) is 50.7 Å². The Morgan fingerprint density at radius 2 is 1.66 bits per heavy atom. The van der Waals surface area contributed by atoms with Gasteiger partial charge in [0.1, 0.15) is 12.1 Å². The molecule has 12 nitrogen and oxygen atoms in total. The zero-order chi connectivity index (χ0) is 30.5. The fraction of sp³-hybridized carbons (Fsp3) is 0.586. The number of aryl methyl sites for hydroxylation is 1. The average Bonchev–Trinajstić information content (AvgIpc) is 3.15. The number of unbranched alkanes of at least 4 members (excludes halogenated alkanes) is 2. The van der Waals surface area contributed by atoms with Gasteiger partial charge in [-0.3, -0.25) is 28.9 Å². The van der Waals surface area contributed by atoms with E-state index in [1.54, 1.807) is 32.9 Å². The largest absolute Gasteiger partial charge is 0.352 e. The van der Waals surface area contributed by atoms with Crippen molar-refractivity contribution in [2.24, 2.45) is 17.6 Å². The second-order valence-electron chi connectivity index (χ2n) is 10.9. The highest BCUT2D eigenvalue weighted by Crippen LogP contribution is 2.19. The molecule has 0 bridgehead atoms. The molecule has 0 aromatic heterocycles. The van der Waals surface area contributed by atoms with Gasteiger partial charge in [-0.1, -0.05) is 44.9 Å². The van der Waals surface area contributed by atoms with Crippen LogP contribution in [0, 0.1) is 18.8 Å². The third-order valence-corrected chi connectivity index (χ3v) is 6.94.